The van der Waals surface area contributed by atoms with Gasteiger partial charge in [0.25, 0.3) is 0 Å². The molecule has 0 fully saturated rings. The zero-order chi connectivity index (χ0) is 12.5. The van der Waals surface area contributed by atoms with Crippen LogP contribution in [-0.4, -0.2) is 23.0 Å². The van der Waals surface area contributed by atoms with Crippen LogP contribution in [0.1, 0.15) is 11.1 Å². The first-order chi connectivity index (χ1) is 8.75. The number of amidine groups is 1. The number of hydrogen-bond donors (Lipinski definition) is 0. The maximum atomic E-state index is 13.7. The molecular weight excluding hydrogens is 247 g/mol. The van der Waals surface area contributed by atoms with E-state index in [-0.39, 0.29) is 5.82 Å². The molecule has 0 spiro atoms. The summed E-state index contributed by atoms with van der Waals surface area (Å²) in [5.74, 6) is 1.75. The van der Waals surface area contributed by atoms with E-state index in [1.165, 1.54) is 0 Å². The third kappa shape index (κ3) is 1.97. The van der Waals surface area contributed by atoms with Crippen molar-refractivity contribution in [3.05, 3.63) is 53.5 Å². The van der Waals surface area contributed by atoms with Crippen LogP contribution in [0.5, 0.6) is 0 Å². The highest BCUT2D eigenvalue weighted by molar-refractivity contribution is 7.98. The summed E-state index contributed by atoms with van der Waals surface area (Å²) in [5, 5.41) is 0. The van der Waals surface area contributed by atoms with Crippen molar-refractivity contribution >= 4 is 23.4 Å². The summed E-state index contributed by atoms with van der Waals surface area (Å²) in [6.07, 6.45) is 6.00. The first kappa shape index (κ1) is 11.5. The van der Waals surface area contributed by atoms with Gasteiger partial charge in [-0.2, -0.15) is 4.40 Å². The van der Waals surface area contributed by atoms with Crippen LogP contribution in [0.25, 0.3) is 5.57 Å². The third-order valence-corrected chi connectivity index (χ3v) is 3.77. The lowest BCUT2D eigenvalue weighted by atomic mass is 10.0. The second-order valence-electron chi connectivity index (χ2n) is 4.33. The molecular formula is C14H13FN2S. The Morgan fingerprint density at radius 3 is 3.11 bits per heavy atom. The van der Waals surface area contributed by atoms with Crippen LogP contribution in [0.4, 0.5) is 4.39 Å². The molecule has 2 heterocycles. The second-order valence-corrected chi connectivity index (χ2v) is 5.18. The van der Waals surface area contributed by atoms with E-state index in [0.29, 0.717) is 5.56 Å². The van der Waals surface area contributed by atoms with Crippen molar-refractivity contribution in [1.82, 2.24) is 4.90 Å². The number of halogens is 1. The minimum atomic E-state index is -0.168. The fraction of sp³-hybridized carbons (Fsp3) is 0.214. The third-order valence-electron chi connectivity index (χ3n) is 3.10. The Balaban J connectivity index is 2.04. The molecule has 2 aliphatic heterocycles. The first-order valence-corrected chi connectivity index (χ1v) is 6.82. The molecule has 0 radical (unpaired) electrons. The largest absolute Gasteiger partial charge is 0.331 e. The van der Waals surface area contributed by atoms with Gasteiger partial charge in [-0.3, -0.25) is 0 Å². The summed E-state index contributed by atoms with van der Waals surface area (Å²) in [4.78, 5) is 2.11. The minimum absolute atomic E-state index is 0.168. The average Bonchev–Trinajstić information content (AvgIpc) is 2.41. The monoisotopic (exact) mass is 260 g/mol. The van der Waals surface area contributed by atoms with Crippen LogP contribution in [-0.2, 0) is 0 Å². The highest BCUT2D eigenvalue weighted by Crippen LogP contribution is 2.27. The van der Waals surface area contributed by atoms with Gasteiger partial charge in [-0.25, -0.2) is 4.39 Å². The van der Waals surface area contributed by atoms with Gasteiger partial charge < -0.3 is 4.90 Å². The zero-order valence-corrected chi connectivity index (χ0v) is 10.9. The van der Waals surface area contributed by atoms with Gasteiger partial charge >= 0.3 is 0 Å². The van der Waals surface area contributed by atoms with Gasteiger partial charge in [-0.15, -0.1) is 0 Å². The first-order valence-electron chi connectivity index (χ1n) is 5.88. The van der Waals surface area contributed by atoms with Crippen molar-refractivity contribution in [1.29, 1.82) is 0 Å². The number of aryl methyl sites for hydroxylation is 1. The highest BCUT2D eigenvalue weighted by atomic mass is 32.2. The fourth-order valence-electron chi connectivity index (χ4n) is 2.06. The van der Waals surface area contributed by atoms with Gasteiger partial charge in [-0.1, -0.05) is 12.1 Å². The highest BCUT2D eigenvalue weighted by Gasteiger charge is 2.21. The Labute approximate surface area is 110 Å². The summed E-state index contributed by atoms with van der Waals surface area (Å²) in [6, 6.07) is 5.34. The summed E-state index contributed by atoms with van der Waals surface area (Å²) < 4.78 is 18.1. The Morgan fingerprint density at radius 1 is 1.39 bits per heavy atom. The second kappa shape index (κ2) is 4.61. The van der Waals surface area contributed by atoms with E-state index in [2.05, 4.69) is 9.30 Å². The zero-order valence-electron chi connectivity index (χ0n) is 10.1. The molecule has 92 valence electrons. The molecule has 0 saturated carbocycles. The minimum Gasteiger partial charge on any atom is -0.331 e. The van der Waals surface area contributed by atoms with Crippen molar-refractivity contribution in [3.8, 4) is 0 Å². The molecule has 0 amide bonds. The smallest absolute Gasteiger partial charge is 0.148 e. The van der Waals surface area contributed by atoms with Crippen LogP contribution in [0, 0.1) is 12.7 Å². The van der Waals surface area contributed by atoms with Crippen molar-refractivity contribution in [2.24, 2.45) is 4.40 Å². The van der Waals surface area contributed by atoms with Crippen LogP contribution < -0.4 is 0 Å². The van der Waals surface area contributed by atoms with Gasteiger partial charge in [0.05, 0.1) is 0 Å². The van der Waals surface area contributed by atoms with E-state index in [1.807, 2.05) is 30.5 Å². The van der Waals surface area contributed by atoms with Crippen LogP contribution in [0.3, 0.4) is 0 Å². The van der Waals surface area contributed by atoms with Crippen molar-refractivity contribution in [2.45, 2.75) is 6.92 Å². The molecule has 0 aliphatic carbocycles. The molecule has 2 aliphatic rings. The molecule has 0 saturated heterocycles. The molecule has 1 aromatic carbocycles. The fourth-order valence-corrected chi connectivity index (χ4v) is 2.75. The average molecular weight is 260 g/mol. The molecule has 1 aromatic rings. The van der Waals surface area contributed by atoms with Gasteiger partial charge in [0, 0.05) is 24.1 Å². The number of rotatable bonds is 1. The van der Waals surface area contributed by atoms with Gasteiger partial charge in [0.15, 0.2) is 0 Å². The van der Waals surface area contributed by atoms with E-state index in [9.17, 15) is 4.39 Å². The van der Waals surface area contributed by atoms with Gasteiger partial charge in [-0.05, 0) is 48.2 Å². The number of benzene rings is 1. The van der Waals surface area contributed by atoms with Crippen molar-refractivity contribution in [3.63, 3.8) is 0 Å². The van der Waals surface area contributed by atoms with Crippen molar-refractivity contribution < 1.29 is 4.39 Å². The predicted octanol–water partition coefficient (Wildman–Crippen LogP) is 3.41. The summed E-state index contributed by atoms with van der Waals surface area (Å²) in [7, 11) is 0. The molecule has 18 heavy (non-hydrogen) atoms. The Kier molecular flexibility index (Phi) is 2.96. The number of allylic oxidation sites excluding steroid dienone is 2. The summed E-state index contributed by atoms with van der Waals surface area (Å²) in [6.45, 7) is 2.72. The van der Waals surface area contributed by atoms with E-state index in [1.54, 1.807) is 24.9 Å². The standard InChI is InChI=1S/C14H13FN2S/c1-10-4-5-11(9-13(10)15)12-3-2-6-17-7-8-18-16-14(12)17/h2-6,9H,7-8H2,1H3. The lowest BCUT2D eigenvalue weighted by Gasteiger charge is -2.29. The lowest BCUT2D eigenvalue weighted by Crippen LogP contribution is -2.32. The van der Waals surface area contributed by atoms with Crippen molar-refractivity contribution in [2.75, 3.05) is 12.3 Å². The van der Waals surface area contributed by atoms with E-state index >= 15 is 0 Å². The quantitative estimate of drug-likeness (QED) is 0.719. The number of nitrogens with zero attached hydrogens (tertiary/aromatic N) is 2. The molecule has 2 nitrogen and oxygen atoms in total. The SMILES string of the molecule is Cc1ccc(C2=CC=CN3CCSN=C23)cc1F. The van der Waals surface area contributed by atoms with Crippen LogP contribution in [0.15, 0.2) is 40.9 Å². The molecule has 0 atom stereocenters. The molecule has 0 bridgehead atoms. The summed E-state index contributed by atoms with van der Waals surface area (Å²) >= 11 is 1.56. The molecule has 0 aromatic heterocycles. The number of fused-ring (bicyclic) bond motifs is 1. The molecule has 3 rings (SSSR count). The lowest BCUT2D eigenvalue weighted by molar-refractivity contribution is 0.593. The molecule has 4 heteroatoms. The maximum absolute atomic E-state index is 13.7. The molecule has 0 unspecified atom stereocenters. The van der Waals surface area contributed by atoms with E-state index < -0.39 is 0 Å². The number of hydrogen-bond acceptors (Lipinski definition) is 3. The Morgan fingerprint density at radius 2 is 2.28 bits per heavy atom. The maximum Gasteiger partial charge on any atom is 0.148 e. The summed E-state index contributed by atoms with van der Waals surface area (Å²) in [5.41, 5.74) is 2.54. The Bertz CT molecular complexity index is 575. The van der Waals surface area contributed by atoms with Crippen LogP contribution in [0.2, 0.25) is 0 Å². The van der Waals surface area contributed by atoms with E-state index in [0.717, 1.165) is 29.3 Å². The van der Waals surface area contributed by atoms with Crippen LogP contribution >= 0.6 is 11.9 Å². The topological polar surface area (TPSA) is 15.6 Å². The van der Waals surface area contributed by atoms with Gasteiger partial charge in [0.1, 0.15) is 11.7 Å². The van der Waals surface area contributed by atoms with E-state index in [4.69, 9.17) is 0 Å². The van der Waals surface area contributed by atoms with Gasteiger partial charge in [0.2, 0.25) is 0 Å². The molecule has 0 N–H and O–H groups in total. The Hall–Kier alpha value is -1.55. The normalized spacial score (nSPS) is 18.2. The predicted molar refractivity (Wildman–Crippen MR) is 74.9 cm³/mol.